The molecule has 2 unspecified atom stereocenters. The number of ether oxygens (including phenoxy) is 1. The van der Waals surface area contributed by atoms with Crippen LogP contribution in [-0.2, 0) is 29.7 Å². The Morgan fingerprint density at radius 1 is 1.21 bits per heavy atom. The van der Waals surface area contributed by atoms with Gasteiger partial charge in [0.2, 0.25) is 0 Å². The van der Waals surface area contributed by atoms with Crippen molar-refractivity contribution in [3.63, 3.8) is 0 Å². The van der Waals surface area contributed by atoms with Crippen LogP contribution in [0.1, 0.15) is 19.8 Å². The molecule has 0 radical (unpaired) electrons. The molecule has 170 valence electrons. The van der Waals surface area contributed by atoms with Gasteiger partial charge in [-0.25, -0.2) is 22.0 Å². The molecule has 1 rings (SSSR count). The highest BCUT2D eigenvalue weighted by atomic mass is 32.2. The van der Waals surface area contributed by atoms with E-state index < -0.39 is 68.2 Å². The van der Waals surface area contributed by atoms with E-state index in [1.807, 2.05) is 0 Å². The highest BCUT2D eigenvalue weighted by molar-refractivity contribution is 7.90. The lowest BCUT2D eigenvalue weighted by molar-refractivity contribution is -0.214. The lowest BCUT2D eigenvalue weighted by Gasteiger charge is -2.38. The van der Waals surface area contributed by atoms with E-state index in [0.717, 1.165) is 0 Å². The quantitative estimate of drug-likeness (QED) is 0.244. The van der Waals surface area contributed by atoms with Gasteiger partial charge in [-0.3, -0.25) is 4.55 Å². The molecule has 0 bridgehead atoms. The number of alkyl halides is 6. The van der Waals surface area contributed by atoms with Crippen LogP contribution in [0.5, 0.6) is 0 Å². The molecule has 0 aromatic rings. The molecule has 1 saturated heterocycles. The summed E-state index contributed by atoms with van der Waals surface area (Å²) in [4.78, 5) is 11.5. The van der Waals surface area contributed by atoms with Crippen LogP contribution in [0.25, 0.3) is 0 Å². The predicted molar refractivity (Wildman–Crippen MR) is 85.7 cm³/mol. The van der Waals surface area contributed by atoms with Gasteiger partial charge in [0.25, 0.3) is 10.0 Å². The Kier molecular flexibility index (Phi) is 7.10. The van der Waals surface area contributed by atoms with Crippen LogP contribution < -0.4 is 0 Å². The molecule has 1 aliphatic heterocycles. The summed E-state index contributed by atoms with van der Waals surface area (Å²) >= 11 is 0. The molecule has 1 heterocycles. The summed E-state index contributed by atoms with van der Waals surface area (Å²) in [6, 6.07) is 0. The first-order chi connectivity index (χ1) is 12.9. The maximum atomic E-state index is 14.2. The number of rotatable bonds is 8. The second-order valence-electron chi connectivity index (χ2n) is 6.24. The molecule has 1 N–H and O–H groups in total. The molecule has 0 saturated carbocycles. The molecule has 0 aromatic heterocycles. The van der Waals surface area contributed by atoms with Crippen LogP contribution in [0.3, 0.4) is 0 Å². The van der Waals surface area contributed by atoms with Gasteiger partial charge in [0.1, 0.15) is 12.8 Å². The normalized spacial score (nSPS) is 22.0. The van der Waals surface area contributed by atoms with Crippen molar-refractivity contribution < 1.29 is 57.3 Å². The molecule has 0 aliphatic carbocycles. The van der Waals surface area contributed by atoms with Gasteiger partial charge >= 0.3 is 32.3 Å². The second kappa shape index (κ2) is 8.03. The number of halogens is 6. The zero-order valence-electron chi connectivity index (χ0n) is 14.7. The zero-order chi connectivity index (χ0) is 23.1. The molecule has 8 nitrogen and oxygen atoms in total. The van der Waals surface area contributed by atoms with Gasteiger partial charge in [-0.1, -0.05) is 6.58 Å². The third kappa shape index (κ3) is 4.25. The summed E-state index contributed by atoms with van der Waals surface area (Å²) in [5.74, 6) is -7.74. The van der Waals surface area contributed by atoms with Crippen LogP contribution in [0.2, 0.25) is 0 Å². The minimum absolute atomic E-state index is 0.0322. The summed E-state index contributed by atoms with van der Waals surface area (Å²) in [6.07, 6.45) is -1.61. The molecule has 1 aliphatic rings. The molecule has 0 aromatic carbocycles. The van der Waals surface area contributed by atoms with Gasteiger partial charge in [0.15, 0.2) is 0 Å². The van der Waals surface area contributed by atoms with Crippen molar-refractivity contribution in [2.24, 2.45) is 0 Å². The van der Waals surface area contributed by atoms with Crippen LogP contribution in [0, 0.1) is 0 Å². The first-order valence-corrected chi connectivity index (χ1v) is 10.6. The minimum atomic E-state index is -6.82. The number of hydrogen-bond donors (Lipinski definition) is 1. The highest BCUT2D eigenvalue weighted by Crippen LogP contribution is 2.51. The van der Waals surface area contributed by atoms with Gasteiger partial charge < -0.3 is 4.74 Å². The SMILES string of the molecule is C=C(C)C(=O)OC1CCCN(S(=O)(=O)C(F)(F)C(F)(F)C(F)(CF)S(=O)(=O)O)C1. The predicted octanol–water partition coefficient (Wildman–Crippen LogP) is 1.65. The summed E-state index contributed by atoms with van der Waals surface area (Å²) in [7, 11) is -13.3. The van der Waals surface area contributed by atoms with Crippen molar-refractivity contribution in [2.45, 2.75) is 42.0 Å². The lowest BCUT2D eigenvalue weighted by Crippen LogP contribution is -2.66. The lowest BCUT2D eigenvalue weighted by atomic mass is 10.1. The molecule has 1 fully saturated rings. The van der Waals surface area contributed by atoms with Crippen LogP contribution >= 0.6 is 0 Å². The number of piperidine rings is 1. The van der Waals surface area contributed by atoms with Gasteiger partial charge in [0, 0.05) is 12.1 Å². The fourth-order valence-electron chi connectivity index (χ4n) is 2.33. The van der Waals surface area contributed by atoms with Crippen molar-refractivity contribution in [3.05, 3.63) is 12.2 Å². The smallest absolute Gasteiger partial charge is 0.425 e. The Balaban J connectivity index is 3.32. The first kappa shape index (κ1) is 25.6. The van der Waals surface area contributed by atoms with Crippen molar-refractivity contribution in [1.29, 1.82) is 0 Å². The monoisotopic (exact) mass is 477 g/mol. The number of esters is 1. The summed E-state index contributed by atoms with van der Waals surface area (Å²) in [5, 5.41) is -12.4. The standard InChI is InChI=1S/C13H17F6NO7S2/c1-8(2)10(21)27-9-4-3-5-20(6-9)28(22,23)13(18,19)12(16,17)11(15,7-14)29(24,25)26/h9H,1,3-7H2,2H3,(H,24,25,26). The Bertz CT molecular complexity index is 876. The Morgan fingerprint density at radius 2 is 1.72 bits per heavy atom. The van der Waals surface area contributed by atoms with Gasteiger partial charge in [0.05, 0.1) is 6.54 Å². The zero-order valence-corrected chi connectivity index (χ0v) is 16.4. The van der Waals surface area contributed by atoms with Crippen LogP contribution in [-0.4, -0.2) is 73.7 Å². The third-order valence-corrected chi connectivity index (χ3v) is 7.14. The highest BCUT2D eigenvalue weighted by Gasteiger charge is 2.81. The second-order valence-corrected chi connectivity index (χ2v) is 9.82. The average Bonchev–Trinajstić information content (AvgIpc) is 2.59. The van der Waals surface area contributed by atoms with E-state index in [1.54, 1.807) is 0 Å². The van der Waals surface area contributed by atoms with Crippen molar-refractivity contribution in [2.75, 3.05) is 19.8 Å². The first-order valence-electron chi connectivity index (χ1n) is 7.70. The molecule has 16 heteroatoms. The summed E-state index contributed by atoms with van der Waals surface area (Å²) < 4.78 is 142. The Morgan fingerprint density at radius 3 is 2.14 bits per heavy atom. The van der Waals surface area contributed by atoms with Crippen molar-refractivity contribution in [1.82, 2.24) is 4.31 Å². The van der Waals surface area contributed by atoms with Gasteiger partial charge in [-0.15, -0.1) is 0 Å². The molecule has 0 spiro atoms. The molecule has 2 atom stereocenters. The van der Waals surface area contributed by atoms with E-state index in [9.17, 15) is 48.0 Å². The van der Waals surface area contributed by atoms with Crippen LogP contribution in [0.4, 0.5) is 26.3 Å². The molecule has 0 amide bonds. The Hall–Kier alpha value is -1.39. The Labute approximate surface area is 162 Å². The summed E-state index contributed by atoms with van der Waals surface area (Å²) in [6.45, 7) is -0.714. The van der Waals surface area contributed by atoms with E-state index in [2.05, 4.69) is 6.58 Å². The van der Waals surface area contributed by atoms with Gasteiger partial charge in [-0.2, -0.15) is 30.3 Å². The number of carbonyl (C=O) groups excluding carboxylic acids is 1. The maximum absolute atomic E-state index is 14.2. The topological polar surface area (TPSA) is 118 Å². The van der Waals surface area contributed by atoms with Crippen LogP contribution in [0.15, 0.2) is 12.2 Å². The largest absolute Gasteiger partial charge is 0.458 e. The molecular formula is C13H17F6NO7S2. The molecule has 29 heavy (non-hydrogen) atoms. The van der Waals surface area contributed by atoms with E-state index in [4.69, 9.17) is 9.29 Å². The molecular weight excluding hydrogens is 460 g/mol. The fraction of sp³-hybridized carbons (Fsp3) is 0.769. The minimum Gasteiger partial charge on any atom is -0.458 e. The van der Waals surface area contributed by atoms with E-state index >= 15 is 0 Å². The number of nitrogens with zero attached hydrogens (tertiary/aromatic N) is 1. The van der Waals surface area contributed by atoms with E-state index in [0.29, 0.717) is 0 Å². The van der Waals surface area contributed by atoms with Gasteiger partial charge in [-0.05, 0) is 19.8 Å². The van der Waals surface area contributed by atoms with Crippen molar-refractivity contribution >= 4 is 26.1 Å². The number of sulfonamides is 1. The summed E-state index contributed by atoms with van der Waals surface area (Å²) in [5.41, 5.74) is -0.125. The maximum Gasteiger partial charge on any atom is 0.425 e. The number of carbonyl (C=O) groups is 1. The van der Waals surface area contributed by atoms with E-state index in [-0.39, 0.29) is 22.7 Å². The number of hydrogen-bond acceptors (Lipinski definition) is 6. The fourth-order valence-corrected chi connectivity index (χ4v) is 4.52. The van der Waals surface area contributed by atoms with E-state index in [1.165, 1.54) is 6.92 Å². The van der Waals surface area contributed by atoms with Crippen molar-refractivity contribution in [3.8, 4) is 0 Å². The average molecular weight is 477 g/mol. The third-order valence-electron chi connectivity index (χ3n) is 4.04.